The molecule has 144 valence electrons. The third kappa shape index (κ3) is 3.79. The topological polar surface area (TPSA) is 54.3 Å². The summed E-state index contributed by atoms with van der Waals surface area (Å²) in [5.41, 5.74) is 2.94. The van der Waals surface area contributed by atoms with Crippen LogP contribution in [0.4, 0.5) is 5.69 Å². The molecule has 2 heterocycles. The largest absolute Gasteiger partial charge is 0.340 e. The first-order valence-corrected chi connectivity index (χ1v) is 9.80. The lowest BCUT2D eigenvalue weighted by Crippen LogP contribution is -2.45. The van der Waals surface area contributed by atoms with Crippen molar-refractivity contribution in [2.45, 2.75) is 26.3 Å². The number of para-hydroxylation sites is 2. The van der Waals surface area contributed by atoms with E-state index in [2.05, 4.69) is 22.0 Å². The van der Waals surface area contributed by atoms with Gasteiger partial charge >= 0.3 is 0 Å². The van der Waals surface area contributed by atoms with E-state index < -0.39 is 0 Å². The summed E-state index contributed by atoms with van der Waals surface area (Å²) in [4.78, 5) is 27.4. The lowest BCUT2D eigenvalue weighted by molar-refractivity contribution is -0.135. The maximum atomic E-state index is 13.0. The van der Waals surface area contributed by atoms with Gasteiger partial charge in [0.1, 0.15) is 6.54 Å². The predicted molar refractivity (Wildman–Crippen MR) is 111 cm³/mol. The van der Waals surface area contributed by atoms with Crippen LogP contribution in [0.15, 0.2) is 60.7 Å². The van der Waals surface area contributed by atoms with Crippen LogP contribution < -0.4 is 5.32 Å². The van der Waals surface area contributed by atoms with Gasteiger partial charge in [0.05, 0.1) is 5.92 Å². The van der Waals surface area contributed by atoms with E-state index in [0.29, 0.717) is 19.6 Å². The number of hydrogen-bond donors (Lipinski definition) is 1. The summed E-state index contributed by atoms with van der Waals surface area (Å²) in [5.74, 6) is -0.103. The van der Waals surface area contributed by atoms with Crippen molar-refractivity contribution in [2.75, 3.05) is 18.4 Å². The van der Waals surface area contributed by atoms with Gasteiger partial charge in [-0.3, -0.25) is 9.59 Å². The molecule has 1 N–H and O–H groups in total. The lowest BCUT2D eigenvalue weighted by Gasteiger charge is -2.32. The molecule has 2 amide bonds. The fourth-order valence-electron chi connectivity index (χ4n) is 3.98. The van der Waals surface area contributed by atoms with Gasteiger partial charge in [-0.25, -0.2) is 0 Å². The number of fused-ring (bicyclic) bond motifs is 1. The highest BCUT2D eigenvalue weighted by Gasteiger charge is 2.28. The Bertz CT molecular complexity index is 994. The monoisotopic (exact) mass is 375 g/mol. The van der Waals surface area contributed by atoms with Crippen LogP contribution >= 0.6 is 0 Å². The number of carbonyl (C=O) groups is 2. The van der Waals surface area contributed by atoms with Crippen LogP contribution in [0.25, 0.3) is 10.9 Å². The number of hydrogen-bond acceptors (Lipinski definition) is 2. The standard InChI is InChI=1S/C23H25N3O2/c1-17-14-18-8-5-6-12-21(18)26(17)16-22(27)25-13-7-9-19(15-25)23(28)24-20-10-3-2-4-11-20/h2-6,8,10-12,14,19H,7,9,13,15-16H2,1H3,(H,24,28)/t19-/m0/s1. The normalized spacial score (nSPS) is 16.9. The Morgan fingerprint density at radius 3 is 2.64 bits per heavy atom. The molecular formula is C23H25N3O2. The van der Waals surface area contributed by atoms with Crippen LogP contribution in [-0.4, -0.2) is 34.4 Å². The first kappa shape index (κ1) is 18.3. The van der Waals surface area contributed by atoms with Crippen molar-refractivity contribution in [3.8, 4) is 0 Å². The highest BCUT2D eigenvalue weighted by atomic mass is 16.2. The highest BCUT2D eigenvalue weighted by molar-refractivity contribution is 5.93. The second kappa shape index (κ2) is 7.89. The van der Waals surface area contributed by atoms with Gasteiger partial charge in [0, 0.05) is 30.0 Å². The molecule has 5 nitrogen and oxygen atoms in total. The van der Waals surface area contributed by atoms with E-state index >= 15 is 0 Å². The number of anilines is 1. The molecule has 28 heavy (non-hydrogen) atoms. The van der Waals surface area contributed by atoms with Gasteiger partial charge in [-0.15, -0.1) is 0 Å². The second-order valence-corrected chi connectivity index (χ2v) is 7.46. The predicted octanol–water partition coefficient (Wildman–Crippen LogP) is 3.83. The fraction of sp³-hybridized carbons (Fsp3) is 0.304. The van der Waals surface area contributed by atoms with Crippen molar-refractivity contribution in [1.29, 1.82) is 0 Å². The summed E-state index contributed by atoms with van der Waals surface area (Å²) in [6.45, 7) is 3.54. The maximum absolute atomic E-state index is 13.0. The van der Waals surface area contributed by atoms with Crippen LogP contribution in [0.2, 0.25) is 0 Å². The quantitative estimate of drug-likeness (QED) is 0.754. The molecule has 0 bridgehead atoms. The van der Waals surface area contributed by atoms with Gasteiger partial charge in [0.25, 0.3) is 0 Å². The summed E-state index contributed by atoms with van der Waals surface area (Å²) in [7, 11) is 0. The number of amides is 2. The van der Waals surface area contributed by atoms with Gasteiger partial charge in [0.2, 0.25) is 11.8 Å². The van der Waals surface area contributed by atoms with E-state index in [9.17, 15) is 9.59 Å². The number of likely N-dealkylation sites (tertiary alicyclic amines) is 1. The molecule has 0 unspecified atom stereocenters. The Morgan fingerprint density at radius 2 is 1.82 bits per heavy atom. The molecule has 0 aliphatic carbocycles. The molecule has 0 spiro atoms. The van der Waals surface area contributed by atoms with Gasteiger partial charge in [-0.05, 0) is 49.4 Å². The molecule has 0 radical (unpaired) electrons. The zero-order chi connectivity index (χ0) is 19.5. The molecule has 1 aliphatic rings. The summed E-state index contributed by atoms with van der Waals surface area (Å²) < 4.78 is 2.06. The minimum absolute atomic E-state index is 0.00806. The van der Waals surface area contributed by atoms with Gasteiger partial charge in [-0.1, -0.05) is 36.4 Å². The number of aryl methyl sites for hydroxylation is 1. The average molecular weight is 375 g/mol. The number of rotatable bonds is 4. The molecule has 0 saturated carbocycles. The van der Waals surface area contributed by atoms with Crippen molar-refractivity contribution in [1.82, 2.24) is 9.47 Å². The molecule has 1 aromatic heterocycles. The van der Waals surface area contributed by atoms with Gasteiger partial charge in [0.15, 0.2) is 0 Å². The fourth-order valence-corrected chi connectivity index (χ4v) is 3.98. The first-order valence-electron chi connectivity index (χ1n) is 9.80. The molecule has 1 saturated heterocycles. The van der Waals surface area contributed by atoms with Gasteiger partial charge < -0.3 is 14.8 Å². The van der Waals surface area contributed by atoms with E-state index in [1.54, 1.807) is 0 Å². The van der Waals surface area contributed by atoms with Crippen molar-refractivity contribution < 1.29 is 9.59 Å². The molecule has 4 rings (SSSR count). The number of piperidine rings is 1. The third-order valence-electron chi connectivity index (χ3n) is 5.50. The second-order valence-electron chi connectivity index (χ2n) is 7.46. The third-order valence-corrected chi connectivity index (χ3v) is 5.50. The number of nitrogens with zero attached hydrogens (tertiary/aromatic N) is 2. The van der Waals surface area contributed by atoms with Crippen LogP contribution in [0.3, 0.4) is 0 Å². The molecule has 3 aromatic rings. The summed E-state index contributed by atoms with van der Waals surface area (Å²) in [6, 6.07) is 19.7. The number of carbonyl (C=O) groups excluding carboxylic acids is 2. The number of aromatic nitrogens is 1. The summed E-state index contributed by atoms with van der Waals surface area (Å²) >= 11 is 0. The van der Waals surface area contributed by atoms with Gasteiger partial charge in [-0.2, -0.15) is 0 Å². The minimum Gasteiger partial charge on any atom is -0.340 e. The molecule has 1 atom stereocenters. The molecule has 2 aromatic carbocycles. The Morgan fingerprint density at radius 1 is 1.07 bits per heavy atom. The first-order chi connectivity index (χ1) is 13.6. The number of nitrogens with one attached hydrogen (secondary N) is 1. The Balaban J connectivity index is 1.43. The Kier molecular flexibility index (Phi) is 5.15. The van der Waals surface area contributed by atoms with Crippen LogP contribution in [0.5, 0.6) is 0 Å². The smallest absolute Gasteiger partial charge is 0.242 e. The van der Waals surface area contributed by atoms with Crippen LogP contribution in [0, 0.1) is 12.8 Å². The minimum atomic E-state index is -0.166. The van der Waals surface area contributed by atoms with Crippen LogP contribution in [0.1, 0.15) is 18.5 Å². The SMILES string of the molecule is Cc1cc2ccccc2n1CC(=O)N1CCC[C@H](C(=O)Nc2ccccc2)C1. The van der Waals surface area contributed by atoms with E-state index in [0.717, 1.165) is 35.1 Å². The summed E-state index contributed by atoms with van der Waals surface area (Å²) in [5, 5.41) is 4.11. The average Bonchev–Trinajstić information content (AvgIpc) is 3.04. The Labute approximate surface area is 165 Å². The van der Waals surface area contributed by atoms with E-state index in [1.807, 2.05) is 60.4 Å². The molecule has 5 heteroatoms. The van der Waals surface area contributed by atoms with E-state index in [1.165, 1.54) is 0 Å². The van der Waals surface area contributed by atoms with Crippen molar-refractivity contribution in [2.24, 2.45) is 5.92 Å². The molecule has 1 fully saturated rings. The zero-order valence-electron chi connectivity index (χ0n) is 16.1. The molecule has 1 aliphatic heterocycles. The zero-order valence-corrected chi connectivity index (χ0v) is 16.1. The lowest BCUT2D eigenvalue weighted by atomic mass is 9.97. The van der Waals surface area contributed by atoms with E-state index in [4.69, 9.17) is 0 Å². The van der Waals surface area contributed by atoms with Crippen molar-refractivity contribution in [3.63, 3.8) is 0 Å². The van der Waals surface area contributed by atoms with Crippen molar-refractivity contribution in [3.05, 3.63) is 66.4 Å². The Hall–Kier alpha value is -3.08. The maximum Gasteiger partial charge on any atom is 0.242 e. The van der Waals surface area contributed by atoms with E-state index in [-0.39, 0.29) is 17.7 Å². The highest BCUT2D eigenvalue weighted by Crippen LogP contribution is 2.22. The van der Waals surface area contributed by atoms with Crippen molar-refractivity contribution >= 4 is 28.4 Å². The molecular weight excluding hydrogens is 350 g/mol. The number of benzene rings is 2. The summed E-state index contributed by atoms with van der Waals surface area (Å²) in [6.07, 6.45) is 1.66. The van der Waals surface area contributed by atoms with Crippen LogP contribution in [-0.2, 0) is 16.1 Å².